The number of hydrogen-bond acceptors (Lipinski definition) is 1. The molecule has 2 heteroatoms. The van der Waals surface area contributed by atoms with Gasteiger partial charge in [0.1, 0.15) is 0 Å². The van der Waals surface area contributed by atoms with E-state index < -0.39 is 11.4 Å². The molecular weight excluding hydrogens is 164 g/mol. The van der Waals surface area contributed by atoms with E-state index in [1.54, 1.807) is 0 Å². The Kier molecular flexibility index (Phi) is 1.65. The second kappa shape index (κ2) is 2.59. The Balaban J connectivity index is 2.40. The molecule has 2 unspecified atom stereocenters. The molecule has 13 heavy (non-hydrogen) atoms. The van der Waals surface area contributed by atoms with Gasteiger partial charge in [-0.1, -0.05) is 37.3 Å². The fourth-order valence-electron chi connectivity index (χ4n) is 1.98. The Labute approximate surface area is 77.2 Å². The first-order valence-electron chi connectivity index (χ1n) is 4.47. The first-order chi connectivity index (χ1) is 6.18. The largest absolute Gasteiger partial charge is 0.481 e. The molecule has 0 saturated heterocycles. The summed E-state index contributed by atoms with van der Waals surface area (Å²) >= 11 is 0. The molecule has 0 spiro atoms. The highest BCUT2D eigenvalue weighted by atomic mass is 16.4. The molecule has 0 bridgehead atoms. The molecule has 2 nitrogen and oxygen atoms in total. The Bertz CT molecular complexity index is 331. The summed E-state index contributed by atoms with van der Waals surface area (Å²) in [5.74, 6) is -0.418. The van der Waals surface area contributed by atoms with Gasteiger partial charge in [-0.3, -0.25) is 4.79 Å². The zero-order valence-electron chi connectivity index (χ0n) is 7.53. The van der Waals surface area contributed by atoms with Crippen LogP contribution in [-0.4, -0.2) is 11.1 Å². The SMILES string of the molecule is CC1CC1(C(=O)O)c1ccccc1. The van der Waals surface area contributed by atoms with Gasteiger partial charge in [-0.2, -0.15) is 0 Å². The predicted molar refractivity (Wildman–Crippen MR) is 49.5 cm³/mol. The van der Waals surface area contributed by atoms with Gasteiger partial charge in [-0.25, -0.2) is 0 Å². The number of carboxylic acids is 1. The van der Waals surface area contributed by atoms with Crippen LogP contribution >= 0.6 is 0 Å². The van der Waals surface area contributed by atoms with Gasteiger partial charge in [0.05, 0.1) is 5.41 Å². The van der Waals surface area contributed by atoms with Gasteiger partial charge in [0.15, 0.2) is 0 Å². The Hall–Kier alpha value is -1.31. The zero-order valence-corrected chi connectivity index (χ0v) is 7.53. The topological polar surface area (TPSA) is 37.3 Å². The molecule has 1 aliphatic carbocycles. The zero-order chi connectivity index (χ0) is 9.47. The van der Waals surface area contributed by atoms with Crippen LogP contribution in [0.2, 0.25) is 0 Å². The second-order valence-electron chi connectivity index (χ2n) is 3.75. The highest BCUT2D eigenvalue weighted by Gasteiger charge is 2.58. The van der Waals surface area contributed by atoms with E-state index in [2.05, 4.69) is 0 Å². The van der Waals surface area contributed by atoms with Crippen LogP contribution in [0.5, 0.6) is 0 Å². The third kappa shape index (κ3) is 1.05. The normalized spacial score (nSPS) is 31.3. The van der Waals surface area contributed by atoms with Gasteiger partial charge in [-0.05, 0) is 17.9 Å². The van der Waals surface area contributed by atoms with Crippen molar-refractivity contribution < 1.29 is 9.90 Å². The monoisotopic (exact) mass is 176 g/mol. The van der Waals surface area contributed by atoms with Crippen molar-refractivity contribution in [2.24, 2.45) is 5.92 Å². The van der Waals surface area contributed by atoms with Crippen LogP contribution in [0.15, 0.2) is 30.3 Å². The Morgan fingerprint density at radius 2 is 2.00 bits per heavy atom. The number of hydrogen-bond donors (Lipinski definition) is 1. The molecule has 0 aromatic heterocycles. The first-order valence-corrected chi connectivity index (χ1v) is 4.47. The molecule has 1 aromatic carbocycles. The molecule has 0 aliphatic heterocycles. The van der Waals surface area contributed by atoms with Crippen LogP contribution in [0.4, 0.5) is 0 Å². The molecule has 1 aromatic rings. The lowest BCUT2D eigenvalue weighted by atomic mass is 9.94. The van der Waals surface area contributed by atoms with Gasteiger partial charge in [-0.15, -0.1) is 0 Å². The maximum Gasteiger partial charge on any atom is 0.314 e. The third-order valence-electron chi connectivity index (χ3n) is 2.98. The molecule has 1 saturated carbocycles. The van der Waals surface area contributed by atoms with E-state index in [0.717, 1.165) is 12.0 Å². The van der Waals surface area contributed by atoms with E-state index in [4.69, 9.17) is 5.11 Å². The fourth-order valence-corrected chi connectivity index (χ4v) is 1.98. The van der Waals surface area contributed by atoms with Crippen LogP contribution in [0.1, 0.15) is 18.9 Å². The Morgan fingerprint density at radius 1 is 1.46 bits per heavy atom. The minimum atomic E-state index is -0.689. The van der Waals surface area contributed by atoms with Crippen LogP contribution in [-0.2, 0) is 10.2 Å². The summed E-state index contributed by atoms with van der Waals surface area (Å²) in [4.78, 5) is 11.1. The number of aliphatic carboxylic acids is 1. The van der Waals surface area contributed by atoms with E-state index in [9.17, 15) is 4.79 Å². The Morgan fingerprint density at radius 3 is 2.38 bits per heavy atom. The summed E-state index contributed by atoms with van der Waals surface area (Å²) in [6, 6.07) is 9.50. The summed E-state index contributed by atoms with van der Waals surface area (Å²) in [5.41, 5.74) is 0.358. The second-order valence-corrected chi connectivity index (χ2v) is 3.75. The molecule has 1 fully saturated rings. The average Bonchev–Trinajstić information content (AvgIpc) is 2.80. The average molecular weight is 176 g/mol. The number of rotatable bonds is 2. The van der Waals surface area contributed by atoms with Gasteiger partial charge in [0.25, 0.3) is 0 Å². The number of carbonyl (C=O) groups is 1. The van der Waals surface area contributed by atoms with Crippen molar-refractivity contribution in [2.45, 2.75) is 18.8 Å². The minimum absolute atomic E-state index is 0.271. The molecule has 0 radical (unpaired) electrons. The highest BCUT2D eigenvalue weighted by molar-refractivity contribution is 5.85. The van der Waals surface area contributed by atoms with Crippen molar-refractivity contribution in [1.29, 1.82) is 0 Å². The smallest absolute Gasteiger partial charge is 0.314 e. The van der Waals surface area contributed by atoms with Gasteiger partial charge in [0, 0.05) is 0 Å². The van der Waals surface area contributed by atoms with Crippen LogP contribution in [0.25, 0.3) is 0 Å². The summed E-state index contributed by atoms with van der Waals surface area (Å²) in [6.45, 7) is 1.99. The van der Waals surface area contributed by atoms with Crippen molar-refractivity contribution in [3.8, 4) is 0 Å². The van der Waals surface area contributed by atoms with Crippen LogP contribution in [0.3, 0.4) is 0 Å². The van der Waals surface area contributed by atoms with E-state index >= 15 is 0 Å². The molecule has 1 N–H and O–H groups in total. The predicted octanol–water partition coefficient (Wildman–Crippen LogP) is 2.05. The first kappa shape index (κ1) is 8.30. The lowest BCUT2D eigenvalue weighted by Crippen LogP contribution is -2.21. The van der Waals surface area contributed by atoms with E-state index in [-0.39, 0.29) is 5.92 Å². The molecule has 2 rings (SSSR count). The van der Waals surface area contributed by atoms with Crippen molar-refractivity contribution >= 4 is 5.97 Å². The standard InChI is InChI=1S/C11H12O2/c1-8-7-11(8,10(12)13)9-5-3-2-4-6-9/h2-6,8H,7H2,1H3,(H,12,13). The highest BCUT2D eigenvalue weighted by Crippen LogP contribution is 2.54. The molecule has 0 heterocycles. The molecule has 2 atom stereocenters. The summed E-state index contributed by atoms with van der Waals surface area (Å²) in [6.07, 6.45) is 0.770. The number of carboxylic acid groups (broad SMARTS) is 1. The van der Waals surface area contributed by atoms with Gasteiger partial charge < -0.3 is 5.11 Å². The molecule has 0 amide bonds. The molecular formula is C11H12O2. The maximum atomic E-state index is 11.1. The van der Waals surface area contributed by atoms with E-state index in [1.807, 2.05) is 37.3 Å². The summed E-state index contributed by atoms with van der Waals surface area (Å²) < 4.78 is 0. The molecule has 1 aliphatic rings. The van der Waals surface area contributed by atoms with E-state index in [0.29, 0.717) is 0 Å². The van der Waals surface area contributed by atoms with Crippen molar-refractivity contribution in [3.05, 3.63) is 35.9 Å². The lowest BCUT2D eigenvalue weighted by Gasteiger charge is -2.10. The van der Waals surface area contributed by atoms with Gasteiger partial charge >= 0.3 is 5.97 Å². The van der Waals surface area contributed by atoms with Crippen molar-refractivity contribution in [1.82, 2.24) is 0 Å². The quantitative estimate of drug-likeness (QED) is 0.748. The van der Waals surface area contributed by atoms with Crippen molar-refractivity contribution in [3.63, 3.8) is 0 Å². The number of benzene rings is 1. The van der Waals surface area contributed by atoms with Crippen LogP contribution in [0, 0.1) is 5.92 Å². The fraction of sp³-hybridized carbons (Fsp3) is 0.364. The van der Waals surface area contributed by atoms with E-state index in [1.165, 1.54) is 0 Å². The third-order valence-corrected chi connectivity index (χ3v) is 2.98. The summed E-state index contributed by atoms with van der Waals surface area (Å²) in [7, 11) is 0. The summed E-state index contributed by atoms with van der Waals surface area (Å²) in [5, 5.41) is 9.13. The molecule has 68 valence electrons. The van der Waals surface area contributed by atoms with Gasteiger partial charge in [0.2, 0.25) is 0 Å². The van der Waals surface area contributed by atoms with Crippen molar-refractivity contribution in [2.75, 3.05) is 0 Å². The lowest BCUT2D eigenvalue weighted by molar-refractivity contribution is -0.140. The minimum Gasteiger partial charge on any atom is -0.481 e. The van der Waals surface area contributed by atoms with Crippen LogP contribution < -0.4 is 0 Å². The maximum absolute atomic E-state index is 11.1.